The lowest BCUT2D eigenvalue weighted by Gasteiger charge is -2.29. The normalized spacial score (nSPS) is 15.2. The van der Waals surface area contributed by atoms with Crippen LogP contribution in [0.1, 0.15) is 0 Å². The maximum absolute atomic E-state index is 6.25. The zero-order valence-electron chi connectivity index (χ0n) is 12.3. The molecule has 3 rings (SSSR count). The van der Waals surface area contributed by atoms with Gasteiger partial charge in [0.1, 0.15) is 5.82 Å². The summed E-state index contributed by atoms with van der Waals surface area (Å²) in [5, 5.41) is 5.20. The Labute approximate surface area is 123 Å². The quantitative estimate of drug-likeness (QED) is 0.828. The van der Waals surface area contributed by atoms with Crippen molar-refractivity contribution in [3.63, 3.8) is 0 Å². The number of fused-ring (bicyclic) bond motifs is 1. The van der Waals surface area contributed by atoms with Gasteiger partial charge in [0.05, 0.1) is 19.6 Å². The number of hydrogen-bond donors (Lipinski definition) is 2. The van der Waals surface area contributed by atoms with E-state index < -0.39 is 0 Å². The van der Waals surface area contributed by atoms with Crippen LogP contribution in [0.3, 0.4) is 0 Å². The van der Waals surface area contributed by atoms with E-state index in [1.807, 2.05) is 6.07 Å². The number of nitrogens with two attached hydrogens (primary N) is 1. The summed E-state index contributed by atoms with van der Waals surface area (Å²) in [6, 6.07) is 3.72. The van der Waals surface area contributed by atoms with Gasteiger partial charge in [-0.05, 0) is 6.07 Å². The second-order valence-corrected chi connectivity index (χ2v) is 5.00. The molecule has 0 unspecified atom stereocenters. The molecule has 0 spiro atoms. The predicted octanol–water partition coefficient (Wildman–Crippen LogP) is 1.24. The maximum atomic E-state index is 6.25. The van der Waals surface area contributed by atoms with Crippen molar-refractivity contribution in [3.05, 3.63) is 18.3 Å². The van der Waals surface area contributed by atoms with Gasteiger partial charge in [-0.15, -0.1) is 0 Å². The smallest absolute Gasteiger partial charge is 0.168 e. The molecule has 1 aliphatic rings. The number of nitrogen functional groups attached to an aromatic ring is 1. The minimum atomic E-state index is 0.639. The second-order valence-electron chi connectivity index (χ2n) is 5.00. The lowest BCUT2D eigenvalue weighted by atomic mass is 10.1. The Kier molecular flexibility index (Phi) is 3.70. The second kappa shape index (κ2) is 5.65. The number of aromatic nitrogens is 1. The first-order chi connectivity index (χ1) is 10.3. The monoisotopic (exact) mass is 288 g/mol. The van der Waals surface area contributed by atoms with Crippen molar-refractivity contribution in [2.24, 2.45) is 0 Å². The van der Waals surface area contributed by atoms with E-state index in [2.05, 4.69) is 15.2 Å². The van der Waals surface area contributed by atoms with Crippen LogP contribution in [0.25, 0.3) is 10.8 Å². The summed E-state index contributed by atoms with van der Waals surface area (Å²) in [7, 11) is 3.25. The Morgan fingerprint density at radius 3 is 2.67 bits per heavy atom. The molecule has 0 bridgehead atoms. The highest BCUT2D eigenvalue weighted by atomic mass is 16.5. The molecule has 2 aromatic rings. The Morgan fingerprint density at radius 1 is 1.24 bits per heavy atom. The van der Waals surface area contributed by atoms with Crippen LogP contribution in [0, 0.1) is 0 Å². The first-order valence-electron chi connectivity index (χ1n) is 7.01. The van der Waals surface area contributed by atoms with Crippen LogP contribution in [0.5, 0.6) is 11.5 Å². The van der Waals surface area contributed by atoms with Gasteiger partial charge in [-0.2, -0.15) is 0 Å². The highest BCUT2D eigenvalue weighted by molar-refractivity contribution is 6.05. The first-order valence-corrected chi connectivity index (χ1v) is 7.01. The van der Waals surface area contributed by atoms with E-state index in [1.54, 1.807) is 26.5 Å². The standard InChI is InChI=1S/C15H20N4O2/c1-20-12-9-11(16)13-10(14(12)21-2)3-4-18-15(13)19-7-5-17-6-8-19/h3-4,9,17H,5-8,16H2,1-2H3. The van der Waals surface area contributed by atoms with Crippen LogP contribution in [-0.4, -0.2) is 45.4 Å². The molecule has 1 aromatic heterocycles. The van der Waals surface area contributed by atoms with E-state index in [-0.39, 0.29) is 0 Å². The number of rotatable bonds is 3. The third kappa shape index (κ3) is 2.31. The fraction of sp³-hybridized carbons (Fsp3) is 0.400. The van der Waals surface area contributed by atoms with Crippen LogP contribution in [-0.2, 0) is 0 Å². The maximum Gasteiger partial charge on any atom is 0.168 e. The van der Waals surface area contributed by atoms with Crippen LogP contribution in [0.2, 0.25) is 0 Å². The van der Waals surface area contributed by atoms with Crippen LogP contribution < -0.4 is 25.4 Å². The van der Waals surface area contributed by atoms with E-state index in [0.717, 1.165) is 42.8 Å². The van der Waals surface area contributed by atoms with E-state index in [4.69, 9.17) is 15.2 Å². The van der Waals surface area contributed by atoms with Crippen molar-refractivity contribution >= 4 is 22.3 Å². The highest BCUT2D eigenvalue weighted by Crippen LogP contribution is 2.42. The van der Waals surface area contributed by atoms with Crippen molar-refractivity contribution in [1.29, 1.82) is 0 Å². The van der Waals surface area contributed by atoms with Gasteiger partial charge in [-0.1, -0.05) is 0 Å². The third-order valence-corrected chi connectivity index (χ3v) is 3.82. The number of methoxy groups -OCH3 is 2. The third-order valence-electron chi connectivity index (χ3n) is 3.82. The molecule has 1 fully saturated rings. The number of piperazine rings is 1. The summed E-state index contributed by atoms with van der Waals surface area (Å²) in [6.07, 6.45) is 1.79. The van der Waals surface area contributed by atoms with Gasteiger partial charge in [-0.3, -0.25) is 0 Å². The zero-order valence-corrected chi connectivity index (χ0v) is 12.3. The SMILES string of the molecule is COc1cc(N)c2c(N3CCNCC3)nccc2c1OC. The largest absolute Gasteiger partial charge is 0.493 e. The fourth-order valence-electron chi connectivity index (χ4n) is 2.81. The van der Waals surface area contributed by atoms with Gasteiger partial charge in [0.25, 0.3) is 0 Å². The summed E-state index contributed by atoms with van der Waals surface area (Å²) in [5.41, 5.74) is 6.90. The molecular weight excluding hydrogens is 268 g/mol. The minimum Gasteiger partial charge on any atom is -0.493 e. The summed E-state index contributed by atoms with van der Waals surface area (Å²) >= 11 is 0. The van der Waals surface area contributed by atoms with Crippen LogP contribution >= 0.6 is 0 Å². The summed E-state index contributed by atoms with van der Waals surface area (Å²) in [4.78, 5) is 6.80. The predicted molar refractivity (Wildman–Crippen MR) is 84.3 cm³/mol. The van der Waals surface area contributed by atoms with Crippen molar-refractivity contribution in [2.45, 2.75) is 0 Å². The number of ether oxygens (including phenoxy) is 2. The molecule has 2 heterocycles. The van der Waals surface area contributed by atoms with Crippen molar-refractivity contribution in [3.8, 4) is 11.5 Å². The van der Waals surface area contributed by atoms with Crippen molar-refractivity contribution in [2.75, 3.05) is 51.0 Å². The Bertz CT molecular complexity index is 654. The van der Waals surface area contributed by atoms with Gasteiger partial charge in [0.15, 0.2) is 11.5 Å². The molecule has 1 saturated heterocycles. The zero-order chi connectivity index (χ0) is 14.8. The van der Waals surface area contributed by atoms with E-state index in [0.29, 0.717) is 17.2 Å². The Hall–Kier alpha value is -2.21. The van der Waals surface area contributed by atoms with Gasteiger partial charge in [0.2, 0.25) is 0 Å². The Balaban J connectivity index is 2.22. The first kappa shape index (κ1) is 13.8. The number of nitrogens with zero attached hydrogens (tertiary/aromatic N) is 2. The molecule has 0 atom stereocenters. The molecule has 6 nitrogen and oxygen atoms in total. The van der Waals surface area contributed by atoms with Gasteiger partial charge < -0.3 is 25.4 Å². The number of pyridine rings is 1. The van der Waals surface area contributed by atoms with E-state index in [9.17, 15) is 0 Å². The summed E-state index contributed by atoms with van der Waals surface area (Å²) in [6.45, 7) is 3.73. The number of nitrogens with one attached hydrogen (secondary N) is 1. The molecule has 21 heavy (non-hydrogen) atoms. The molecule has 0 radical (unpaired) electrons. The van der Waals surface area contributed by atoms with Crippen molar-refractivity contribution in [1.82, 2.24) is 10.3 Å². The summed E-state index contributed by atoms with van der Waals surface area (Å²) < 4.78 is 10.9. The molecule has 0 amide bonds. The molecule has 0 aliphatic carbocycles. The van der Waals surface area contributed by atoms with E-state index in [1.165, 1.54) is 0 Å². The van der Waals surface area contributed by atoms with Crippen LogP contribution in [0.4, 0.5) is 11.5 Å². The molecule has 3 N–H and O–H groups in total. The van der Waals surface area contributed by atoms with Crippen molar-refractivity contribution < 1.29 is 9.47 Å². The lowest BCUT2D eigenvalue weighted by Crippen LogP contribution is -2.44. The average Bonchev–Trinajstić information content (AvgIpc) is 2.55. The van der Waals surface area contributed by atoms with Gasteiger partial charge >= 0.3 is 0 Å². The fourth-order valence-corrected chi connectivity index (χ4v) is 2.81. The minimum absolute atomic E-state index is 0.639. The Morgan fingerprint density at radius 2 is 2.00 bits per heavy atom. The molecule has 112 valence electrons. The molecule has 1 aromatic carbocycles. The topological polar surface area (TPSA) is 72.6 Å². The molecule has 0 saturated carbocycles. The van der Waals surface area contributed by atoms with Crippen LogP contribution in [0.15, 0.2) is 18.3 Å². The van der Waals surface area contributed by atoms with Gasteiger partial charge in [-0.25, -0.2) is 4.98 Å². The van der Waals surface area contributed by atoms with E-state index >= 15 is 0 Å². The van der Waals surface area contributed by atoms with Gasteiger partial charge in [0, 0.05) is 49.5 Å². The lowest BCUT2D eigenvalue weighted by molar-refractivity contribution is 0.359. The number of benzene rings is 1. The number of hydrogen-bond acceptors (Lipinski definition) is 6. The molecule has 6 heteroatoms. The molecule has 1 aliphatic heterocycles. The summed E-state index contributed by atoms with van der Waals surface area (Å²) in [5.74, 6) is 2.24. The number of anilines is 2. The average molecular weight is 288 g/mol. The highest BCUT2D eigenvalue weighted by Gasteiger charge is 2.20. The molecular formula is C15H20N4O2.